The van der Waals surface area contributed by atoms with Crippen molar-refractivity contribution in [1.82, 2.24) is 0 Å². The number of hydrogen-bond donors (Lipinski definition) is 1. The number of furan rings is 1. The molecule has 96 valence electrons. The Kier molecular flexibility index (Phi) is 3.60. The molecule has 1 heterocycles. The summed E-state index contributed by atoms with van der Waals surface area (Å²) < 4.78 is 57.8. The van der Waals surface area contributed by atoms with Gasteiger partial charge < -0.3 is 9.73 Å². The van der Waals surface area contributed by atoms with Crippen molar-refractivity contribution in [2.75, 3.05) is 5.32 Å². The van der Waals surface area contributed by atoms with Crippen molar-refractivity contribution in [3.05, 3.63) is 51.9 Å². The van der Waals surface area contributed by atoms with Gasteiger partial charge in [-0.05, 0) is 28.1 Å². The largest absolute Gasteiger partial charge is 0.452 e. The summed E-state index contributed by atoms with van der Waals surface area (Å²) in [6, 6.07) is 3.28. The minimum absolute atomic E-state index is 0.109. The number of halogens is 5. The first-order valence-electron chi connectivity index (χ1n) is 4.80. The van der Waals surface area contributed by atoms with Crippen LogP contribution in [0.15, 0.2) is 27.3 Å². The van der Waals surface area contributed by atoms with E-state index >= 15 is 0 Å². The molecule has 18 heavy (non-hydrogen) atoms. The molecule has 1 aromatic heterocycles. The van der Waals surface area contributed by atoms with Crippen molar-refractivity contribution < 1.29 is 22.0 Å². The minimum atomic E-state index is -1.47. The van der Waals surface area contributed by atoms with Crippen LogP contribution in [0, 0.1) is 23.3 Å². The SMILES string of the molecule is Fc1cc(F)c(F)c(NCc2ccc(Br)o2)c1F. The predicted octanol–water partition coefficient (Wildman–Crippen LogP) is 4.21. The molecule has 0 saturated heterocycles. The van der Waals surface area contributed by atoms with E-state index in [-0.39, 0.29) is 12.6 Å². The lowest BCUT2D eigenvalue weighted by molar-refractivity contribution is 0.455. The number of hydrogen-bond acceptors (Lipinski definition) is 2. The molecule has 0 aliphatic rings. The molecule has 0 aliphatic carbocycles. The standard InChI is InChI=1S/C11H6BrF4NO/c12-8-2-1-5(18-8)4-17-11-9(15)6(13)3-7(14)10(11)16/h1-3,17H,4H2. The fourth-order valence-electron chi connectivity index (χ4n) is 1.35. The van der Waals surface area contributed by atoms with E-state index in [2.05, 4.69) is 21.2 Å². The maximum atomic E-state index is 13.3. The lowest BCUT2D eigenvalue weighted by Crippen LogP contribution is -2.06. The highest BCUT2D eigenvalue weighted by molar-refractivity contribution is 9.10. The van der Waals surface area contributed by atoms with Crippen molar-refractivity contribution in [2.24, 2.45) is 0 Å². The first kappa shape index (κ1) is 12.9. The molecule has 1 N–H and O–H groups in total. The van der Waals surface area contributed by atoms with Crippen LogP contribution in [0.3, 0.4) is 0 Å². The second-order valence-electron chi connectivity index (χ2n) is 3.40. The molecule has 2 rings (SSSR count). The van der Waals surface area contributed by atoms with Gasteiger partial charge in [0.25, 0.3) is 0 Å². The highest BCUT2D eigenvalue weighted by atomic mass is 79.9. The van der Waals surface area contributed by atoms with Gasteiger partial charge in [0.15, 0.2) is 27.9 Å². The van der Waals surface area contributed by atoms with Gasteiger partial charge in [-0.15, -0.1) is 0 Å². The zero-order valence-electron chi connectivity index (χ0n) is 8.74. The van der Waals surface area contributed by atoms with Gasteiger partial charge in [0.1, 0.15) is 11.4 Å². The second-order valence-corrected chi connectivity index (χ2v) is 4.18. The Morgan fingerprint density at radius 3 is 2.17 bits per heavy atom. The van der Waals surface area contributed by atoms with Gasteiger partial charge in [0, 0.05) is 6.07 Å². The second kappa shape index (κ2) is 5.01. The Hall–Kier alpha value is -1.50. The summed E-state index contributed by atoms with van der Waals surface area (Å²) in [5.41, 5.74) is -0.861. The quantitative estimate of drug-likeness (QED) is 0.676. The van der Waals surface area contributed by atoms with Gasteiger partial charge in [0.05, 0.1) is 6.54 Å². The Labute approximate surface area is 108 Å². The van der Waals surface area contributed by atoms with E-state index in [0.717, 1.165) is 0 Å². The van der Waals surface area contributed by atoms with Crippen molar-refractivity contribution in [3.8, 4) is 0 Å². The average Bonchev–Trinajstić information content (AvgIpc) is 2.73. The van der Waals surface area contributed by atoms with Crippen LogP contribution in [0.5, 0.6) is 0 Å². The van der Waals surface area contributed by atoms with E-state index in [1.54, 1.807) is 12.1 Å². The molecular formula is C11H6BrF4NO. The van der Waals surface area contributed by atoms with Crippen molar-refractivity contribution in [1.29, 1.82) is 0 Å². The number of benzene rings is 1. The first-order chi connectivity index (χ1) is 8.49. The van der Waals surface area contributed by atoms with Gasteiger partial charge >= 0.3 is 0 Å². The minimum Gasteiger partial charge on any atom is -0.452 e. The lowest BCUT2D eigenvalue weighted by Gasteiger charge is -2.08. The Bertz CT molecular complexity index is 558. The van der Waals surface area contributed by atoms with Crippen LogP contribution in [-0.2, 0) is 6.54 Å². The van der Waals surface area contributed by atoms with E-state index in [4.69, 9.17) is 4.42 Å². The fraction of sp³-hybridized carbons (Fsp3) is 0.0909. The third-order valence-electron chi connectivity index (χ3n) is 2.18. The summed E-state index contributed by atoms with van der Waals surface area (Å²) in [5.74, 6) is -5.52. The van der Waals surface area contributed by atoms with E-state index in [1.165, 1.54) is 0 Å². The zero-order valence-corrected chi connectivity index (χ0v) is 10.3. The molecule has 0 spiro atoms. The molecule has 1 aromatic carbocycles. The van der Waals surface area contributed by atoms with Crippen LogP contribution in [0.1, 0.15) is 5.76 Å². The van der Waals surface area contributed by atoms with E-state index in [0.29, 0.717) is 10.4 Å². The maximum absolute atomic E-state index is 13.3. The molecule has 7 heteroatoms. The molecular weight excluding hydrogens is 318 g/mol. The van der Waals surface area contributed by atoms with E-state index in [9.17, 15) is 17.6 Å². The van der Waals surface area contributed by atoms with Crippen molar-refractivity contribution in [2.45, 2.75) is 6.54 Å². The average molecular weight is 324 g/mol. The lowest BCUT2D eigenvalue weighted by atomic mass is 10.2. The zero-order chi connectivity index (χ0) is 13.3. The molecule has 0 radical (unpaired) electrons. The van der Waals surface area contributed by atoms with Gasteiger partial charge in [-0.3, -0.25) is 0 Å². The molecule has 2 nitrogen and oxygen atoms in total. The topological polar surface area (TPSA) is 25.2 Å². The van der Waals surface area contributed by atoms with Crippen molar-refractivity contribution in [3.63, 3.8) is 0 Å². The highest BCUT2D eigenvalue weighted by Crippen LogP contribution is 2.25. The smallest absolute Gasteiger partial charge is 0.185 e. The van der Waals surface area contributed by atoms with Crippen LogP contribution in [0.2, 0.25) is 0 Å². The van der Waals surface area contributed by atoms with Crippen LogP contribution in [0.4, 0.5) is 23.2 Å². The Morgan fingerprint density at radius 2 is 1.67 bits per heavy atom. The maximum Gasteiger partial charge on any atom is 0.185 e. The number of rotatable bonds is 3. The highest BCUT2D eigenvalue weighted by Gasteiger charge is 2.19. The van der Waals surface area contributed by atoms with Crippen LogP contribution in [-0.4, -0.2) is 0 Å². The van der Waals surface area contributed by atoms with Gasteiger partial charge in [-0.1, -0.05) is 0 Å². The van der Waals surface area contributed by atoms with Crippen LogP contribution < -0.4 is 5.32 Å². The summed E-state index contributed by atoms with van der Waals surface area (Å²) in [6.45, 7) is -0.109. The van der Waals surface area contributed by atoms with Gasteiger partial charge in [-0.2, -0.15) is 0 Å². The molecule has 0 unspecified atom stereocenters. The molecule has 0 fully saturated rings. The molecule has 0 amide bonds. The predicted molar refractivity (Wildman–Crippen MR) is 60.0 cm³/mol. The van der Waals surface area contributed by atoms with Gasteiger partial charge in [0.2, 0.25) is 0 Å². The first-order valence-corrected chi connectivity index (χ1v) is 5.59. The molecule has 0 saturated carbocycles. The van der Waals surface area contributed by atoms with E-state index in [1.807, 2.05) is 0 Å². The third kappa shape index (κ3) is 2.50. The van der Waals surface area contributed by atoms with Gasteiger partial charge in [-0.25, -0.2) is 17.6 Å². The summed E-state index contributed by atoms with van der Waals surface area (Å²) in [4.78, 5) is 0. The molecule has 0 bridgehead atoms. The molecule has 0 aliphatic heterocycles. The molecule has 2 aromatic rings. The van der Waals surface area contributed by atoms with Crippen molar-refractivity contribution >= 4 is 21.6 Å². The Balaban J connectivity index is 2.24. The number of nitrogens with one attached hydrogen (secondary N) is 1. The fourth-order valence-corrected chi connectivity index (χ4v) is 1.69. The van der Waals surface area contributed by atoms with E-state index < -0.39 is 29.0 Å². The Morgan fingerprint density at radius 1 is 1.06 bits per heavy atom. The third-order valence-corrected chi connectivity index (χ3v) is 2.61. The summed E-state index contributed by atoms with van der Waals surface area (Å²) in [5, 5.41) is 2.25. The monoisotopic (exact) mass is 323 g/mol. The van der Waals surface area contributed by atoms with Crippen LogP contribution >= 0.6 is 15.9 Å². The molecule has 0 atom stereocenters. The summed E-state index contributed by atoms with van der Waals surface area (Å²) in [6.07, 6.45) is 0. The summed E-state index contributed by atoms with van der Waals surface area (Å²) in [7, 11) is 0. The number of anilines is 1. The normalized spacial score (nSPS) is 10.7. The van der Waals surface area contributed by atoms with Crippen LogP contribution in [0.25, 0.3) is 0 Å². The summed E-state index contributed by atoms with van der Waals surface area (Å²) >= 11 is 3.05.